The van der Waals surface area contributed by atoms with E-state index in [0.29, 0.717) is 12.2 Å². The van der Waals surface area contributed by atoms with Crippen LogP contribution in [0, 0.1) is 0 Å². The minimum absolute atomic E-state index is 0.394. The van der Waals surface area contributed by atoms with Gasteiger partial charge in [-0.2, -0.15) is 12.6 Å². The Hall–Kier alpha value is -0.220. The third-order valence-corrected chi connectivity index (χ3v) is 1.34. The maximum Gasteiger partial charge on any atom is 0.323 e. The van der Waals surface area contributed by atoms with Gasteiger partial charge in [0.1, 0.15) is 5.54 Å². The molecule has 54 valence electrons. The molecule has 0 saturated heterocycles. The number of aliphatic carboxylic acids is 1. The summed E-state index contributed by atoms with van der Waals surface area (Å²) in [5.41, 5.74) is 4.21. The minimum Gasteiger partial charge on any atom is -0.480 e. The van der Waals surface area contributed by atoms with Crippen LogP contribution in [0.4, 0.5) is 0 Å². The Labute approximate surface area is 59.6 Å². The largest absolute Gasteiger partial charge is 0.480 e. The lowest BCUT2D eigenvalue weighted by molar-refractivity contribution is -0.142. The highest BCUT2D eigenvalue weighted by molar-refractivity contribution is 7.80. The Morgan fingerprint density at radius 1 is 1.89 bits per heavy atom. The molecule has 0 heterocycles. The summed E-state index contributed by atoms with van der Waals surface area (Å²) < 4.78 is 0. The van der Waals surface area contributed by atoms with Crippen LogP contribution in [0.15, 0.2) is 0 Å². The second kappa shape index (κ2) is 3.08. The number of hydrogen-bond acceptors (Lipinski definition) is 3. The number of hydrogen-bond donors (Lipinski definition) is 3. The summed E-state index contributed by atoms with van der Waals surface area (Å²) in [7, 11) is 0. The number of rotatable bonds is 3. The molecule has 0 rings (SSSR count). The van der Waals surface area contributed by atoms with Gasteiger partial charge in [0.2, 0.25) is 0 Å². The van der Waals surface area contributed by atoms with E-state index in [1.807, 2.05) is 0 Å². The minimum atomic E-state index is -1.11. The predicted molar refractivity (Wildman–Crippen MR) is 38.7 cm³/mol. The first-order chi connectivity index (χ1) is 4.00. The summed E-state index contributed by atoms with van der Waals surface area (Å²) in [6.07, 6.45) is 0.394. The van der Waals surface area contributed by atoms with Crippen LogP contribution in [0.1, 0.15) is 13.3 Å². The summed E-state index contributed by atoms with van der Waals surface area (Å²) in [4.78, 5) is 10.3. The van der Waals surface area contributed by atoms with Crippen LogP contribution in [0.2, 0.25) is 0 Å². The van der Waals surface area contributed by atoms with Gasteiger partial charge in [-0.05, 0) is 19.1 Å². The Morgan fingerprint density at radius 3 is 2.44 bits per heavy atom. The summed E-state index contributed by atoms with van der Waals surface area (Å²) in [6, 6.07) is 0. The Balaban J connectivity index is 3.85. The van der Waals surface area contributed by atoms with E-state index in [1.54, 1.807) is 0 Å². The first-order valence-electron chi connectivity index (χ1n) is 2.64. The molecule has 0 aliphatic carbocycles. The molecule has 9 heavy (non-hydrogen) atoms. The molecule has 1 atom stereocenters. The van der Waals surface area contributed by atoms with Gasteiger partial charge >= 0.3 is 5.97 Å². The quantitative estimate of drug-likeness (QED) is 0.499. The molecule has 0 aromatic carbocycles. The smallest absolute Gasteiger partial charge is 0.323 e. The highest BCUT2D eigenvalue weighted by atomic mass is 32.1. The summed E-state index contributed by atoms with van der Waals surface area (Å²) >= 11 is 3.87. The van der Waals surface area contributed by atoms with Crippen LogP contribution in [0.25, 0.3) is 0 Å². The monoisotopic (exact) mass is 149 g/mol. The molecular formula is C5H11NO2S. The normalized spacial score (nSPS) is 16.8. The molecule has 0 radical (unpaired) electrons. The molecule has 0 aliphatic heterocycles. The van der Waals surface area contributed by atoms with Crippen molar-refractivity contribution in [2.24, 2.45) is 5.73 Å². The van der Waals surface area contributed by atoms with Crippen molar-refractivity contribution in [3.8, 4) is 0 Å². The fraction of sp³-hybridized carbons (Fsp3) is 0.800. The maximum atomic E-state index is 10.3. The van der Waals surface area contributed by atoms with E-state index in [1.165, 1.54) is 6.92 Å². The molecule has 0 saturated carbocycles. The average Bonchev–Trinajstić information content (AvgIpc) is 1.65. The van der Waals surface area contributed by atoms with E-state index in [9.17, 15) is 4.79 Å². The van der Waals surface area contributed by atoms with Crippen molar-refractivity contribution in [2.45, 2.75) is 18.9 Å². The fourth-order valence-electron chi connectivity index (χ4n) is 0.339. The van der Waals surface area contributed by atoms with Crippen LogP contribution < -0.4 is 5.73 Å². The van der Waals surface area contributed by atoms with E-state index in [0.717, 1.165) is 0 Å². The van der Waals surface area contributed by atoms with Crippen molar-refractivity contribution in [3.05, 3.63) is 0 Å². The van der Waals surface area contributed by atoms with Gasteiger partial charge < -0.3 is 10.8 Å². The summed E-state index contributed by atoms with van der Waals surface area (Å²) in [5.74, 6) is -0.476. The number of carboxylic acids is 1. The molecule has 3 nitrogen and oxygen atoms in total. The van der Waals surface area contributed by atoms with Crippen molar-refractivity contribution < 1.29 is 9.90 Å². The van der Waals surface area contributed by atoms with Crippen molar-refractivity contribution in [2.75, 3.05) is 5.75 Å². The van der Waals surface area contributed by atoms with E-state index >= 15 is 0 Å². The molecule has 0 spiro atoms. The molecular weight excluding hydrogens is 138 g/mol. The zero-order chi connectivity index (χ0) is 7.49. The number of thiol groups is 1. The lowest BCUT2D eigenvalue weighted by atomic mass is 10.0. The molecule has 3 N–H and O–H groups in total. The van der Waals surface area contributed by atoms with Crippen molar-refractivity contribution >= 4 is 18.6 Å². The molecule has 0 aromatic rings. The lowest BCUT2D eigenvalue weighted by Crippen LogP contribution is -2.45. The second-order valence-electron chi connectivity index (χ2n) is 2.20. The van der Waals surface area contributed by atoms with Crippen LogP contribution in [-0.4, -0.2) is 22.4 Å². The summed E-state index contributed by atoms with van der Waals surface area (Å²) in [5, 5.41) is 8.41. The SMILES string of the molecule is C[C@@](N)(CCS)C(=O)O. The average molecular weight is 149 g/mol. The Kier molecular flexibility index (Phi) is 3.00. The number of carboxylic acid groups (broad SMARTS) is 1. The van der Waals surface area contributed by atoms with Crippen molar-refractivity contribution in [3.63, 3.8) is 0 Å². The highest BCUT2D eigenvalue weighted by Gasteiger charge is 2.26. The second-order valence-corrected chi connectivity index (χ2v) is 2.64. The van der Waals surface area contributed by atoms with Crippen molar-refractivity contribution in [1.82, 2.24) is 0 Å². The van der Waals surface area contributed by atoms with Gasteiger partial charge in [0.15, 0.2) is 0 Å². The molecule has 0 unspecified atom stereocenters. The lowest BCUT2D eigenvalue weighted by Gasteiger charge is -2.16. The van der Waals surface area contributed by atoms with Crippen molar-refractivity contribution in [1.29, 1.82) is 0 Å². The van der Waals surface area contributed by atoms with Gasteiger partial charge in [-0.3, -0.25) is 4.79 Å². The van der Waals surface area contributed by atoms with Gasteiger partial charge in [0.05, 0.1) is 0 Å². The van der Waals surface area contributed by atoms with Gasteiger partial charge in [0.25, 0.3) is 0 Å². The fourth-order valence-corrected chi connectivity index (χ4v) is 0.804. The highest BCUT2D eigenvalue weighted by Crippen LogP contribution is 2.05. The van der Waals surface area contributed by atoms with Gasteiger partial charge in [-0.15, -0.1) is 0 Å². The third kappa shape index (κ3) is 2.72. The molecule has 0 bridgehead atoms. The van der Waals surface area contributed by atoms with E-state index < -0.39 is 11.5 Å². The van der Waals surface area contributed by atoms with E-state index in [-0.39, 0.29) is 0 Å². The zero-order valence-corrected chi connectivity index (χ0v) is 6.19. The third-order valence-electron chi connectivity index (χ3n) is 1.12. The molecule has 4 heteroatoms. The Morgan fingerprint density at radius 2 is 2.33 bits per heavy atom. The van der Waals surface area contributed by atoms with Gasteiger partial charge in [0, 0.05) is 0 Å². The Bertz CT molecular complexity index is 114. The van der Waals surface area contributed by atoms with Crippen LogP contribution in [0.5, 0.6) is 0 Å². The maximum absolute atomic E-state index is 10.3. The first-order valence-corrected chi connectivity index (χ1v) is 3.27. The summed E-state index contributed by atoms with van der Waals surface area (Å²) in [6.45, 7) is 1.48. The van der Waals surface area contributed by atoms with Gasteiger partial charge in [-0.1, -0.05) is 0 Å². The van der Waals surface area contributed by atoms with E-state index in [4.69, 9.17) is 10.8 Å². The standard InChI is InChI=1S/C5H11NO2S/c1-5(6,2-3-9)4(7)8/h9H,2-3,6H2,1H3,(H,7,8)/t5-/m1/s1. The van der Waals surface area contributed by atoms with E-state index in [2.05, 4.69) is 12.6 Å². The molecule has 0 aliphatic rings. The van der Waals surface area contributed by atoms with Gasteiger partial charge in [-0.25, -0.2) is 0 Å². The number of nitrogens with two attached hydrogens (primary N) is 1. The first kappa shape index (κ1) is 8.78. The predicted octanol–water partition coefficient (Wildman–Crippen LogP) is 0.108. The van der Waals surface area contributed by atoms with Crippen LogP contribution >= 0.6 is 12.6 Å². The van der Waals surface area contributed by atoms with Crippen LogP contribution in [-0.2, 0) is 4.79 Å². The van der Waals surface area contributed by atoms with Crippen LogP contribution in [0.3, 0.4) is 0 Å². The topological polar surface area (TPSA) is 63.3 Å². The molecule has 0 aromatic heterocycles. The molecule has 0 amide bonds. The zero-order valence-electron chi connectivity index (χ0n) is 5.29. The number of carbonyl (C=O) groups is 1. The molecule has 0 fully saturated rings.